The number of hydrogen-bond acceptors (Lipinski definition) is 4. The molecule has 0 radical (unpaired) electrons. The highest BCUT2D eigenvalue weighted by Gasteiger charge is 2.22. The summed E-state index contributed by atoms with van der Waals surface area (Å²) < 4.78 is 5.52. The van der Waals surface area contributed by atoms with Crippen molar-refractivity contribution in [3.8, 4) is 0 Å². The lowest BCUT2D eigenvalue weighted by Gasteiger charge is -2.32. The minimum atomic E-state index is -0.836. The molecule has 6 nitrogen and oxygen atoms in total. The summed E-state index contributed by atoms with van der Waals surface area (Å²) in [6, 6.07) is 0. The summed E-state index contributed by atoms with van der Waals surface area (Å²) in [5.41, 5.74) is 5.43. The first-order chi connectivity index (χ1) is 10.1. The SMILES string of the molecule is NCCCCCCC(=O)N1CCC(OCCC(=O)O)CC1. The Morgan fingerprint density at radius 1 is 1.10 bits per heavy atom. The van der Waals surface area contributed by atoms with E-state index in [9.17, 15) is 9.59 Å². The summed E-state index contributed by atoms with van der Waals surface area (Å²) in [5, 5.41) is 8.55. The number of carbonyl (C=O) groups excluding carboxylic acids is 1. The van der Waals surface area contributed by atoms with Crippen molar-refractivity contribution in [2.75, 3.05) is 26.2 Å². The normalized spacial score (nSPS) is 16.1. The summed E-state index contributed by atoms with van der Waals surface area (Å²) in [4.78, 5) is 24.3. The topological polar surface area (TPSA) is 92.9 Å². The predicted molar refractivity (Wildman–Crippen MR) is 79.9 cm³/mol. The quantitative estimate of drug-likeness (QED) is 0.595. The second-order valence-electron chi connectivity index (χ2n) is 5.55. The van der Waals surface area contributed by atoms with Crippen LogP contribution in [0.1, 0.15) is 51.4 Å². The molecule has 1 rings (SSSR count). The average molecular weight is 300 g/mol. The summed E-state index contributed by atoms with van der Waals surface area (Å²) in [5.74, 6) is -0.607. The lowest BCUT2D eigenvalue weighted by Crippen LogP contribution is -2.40. The van der Waals surface area contributed by atoms with E-state index in [2.05, 4.69) is 0 Å². The van der Waals surface area contributed by atoms with Gasteiger partial charge >= 0.3 is 5.97 Å². The van der Waals surface area contributed by atoms with Gasteiger partial charge in [0.05, 0.1) is 19.1 Å². The largest absolute Gasteiger partial charge is 0.481 e. The minimum Gasteiger partial charge on any atom is -0.481 e. The maximum Gasteiger partial charge on any atom is 0.305 e. The molecule has 0 aromatic carbocycles. The van der Waals surface area contributed by atoms with E-state index in [1.165, 1.54) is 0 Å². The Morgan fingerprint density at radius 2 is 1.76 bits per heavy atom. The molecule has 0 spiro atoms. The summed E-state index contributed by atoms with van der Waals surface area (Å²) in [7, 11) is 0. The molecule has 122 valence electrons. The van der Waals surface area contributed by atoms with Gasteiger partial charge in [-0.05, 0) is 32.2 Å². The zero-order valence-corrected chi connectivity index (χ0v) is 12.8. The van der Waals surface area contributed by atoms with Gasteiger partial charge in [-0.25, -0.2) is 0 Å². The van der Waals surface area contributed by atoms with Gasteiger partial charge in [-0.2, -0.15) is 0 Å². The number of piperidine rings is 1. The highest BCUT2D eigenvalue weighted by molar-refractivity contribution is 5.76. The van der Waals surface area contributed by atoms with Crippen LogP contribution in [0.25, 0.3) is 0 Å². The number of hydrogen-bond donors (Lipinski definition) is 2. The van der Waals surface area contributed by atoms with Crippen molar-refractivity contribution >= 4 is 11.9 Å². The van der Waals surface area contributed by atoms with E-state index in [0.717, 1.165) is 58.2 Å². The molecule has 0 unspecified atom stereocenters. The standard InChI is InChI=1S/C15H28N2O4/c16-9-4-2-1-3-5-14(18)17-10-6-13(7-11-17)21-12-8-15(19)20/h13H,1-12,16H2,(H,19,20). The van der Waals surface area contributed by atoms with Gasteiger partial charge in [0.15, 0.2) is 0 Å². The van der Waals surface area contributed by atoms with Crippen LogP contribution in [0, 0.1) is 0 Å². The van der Waals surface area contributed by atoms with Crippen LogP contribution in [0.15, 0.2) is 0 Å². The Bertz CT molecular complexity index is 315. The van der Waals surface area contributed by atoms with Crippen molar-refractivity contribution in [1.29, 1.82) is 0 Å². The molecule has 0 bridgehead atoms. The van der Waals surface area contributed by atoms with Crippen LogP contribution >= 0.6 is 0 Å². The van der Waals surface area contributed by atoms with Gasteiger partial charge in [-0.3, -0.25) is 9.59 Å². The van der Waals surface area contributed by atoms with E-state index >= 15 is 0 Å². The zero-order valence-electron chi connectivity index (χ0n) is 12.8. The van der Waals surface area contributed by atoms with Gasteiger partial charge in [-0.15, -0.1) is 0 Å². The third-order valence-corrected chi connectivity index (χ3v) is 3.81. The molecule has 21 heavy (non-hydrogen) atoms. The van der Waals surface area contributed by atoms with E-state index in [-0.39, 0.29) is 25.0 Å². The number of nitrogens with two attached hydrogens (primary N) is 1. The van der Waals surface area contributed by atoms with Crippen molar-refractivity contribution in [3.05, 3.63) is 0 Å². The van der Waals surface area contributed by atoms with E-state index in [1.807, 2.05) is 4.90 Å². The summed E-state index contributed by atoms with van der Waals surface area (Å²) >= 11 is 0. The smallest absolute Gasteiger partial charge is 0.305 e. The maximum atomic E-state index is 12.0. The van der Waals surface area contributed by atoms with Gasteiger partial charge in [0.2, 0.25) is 5.91 Å². The number of carboxylic acids is 1. The van der Waals surface area contributed by atoms with Crippen molar-refractivity contribution in [3.63, 3.8) is 0 Å². The second kappa shape index (κ2) is 10.6. The minimum absolute atomic E-state index is 0.0436. The first-order valence-electron chi connectivity index (χ1n) is 7.94. The zero-order chi connectivity index (χ0) is 15.5. The highest BCUT2D eigenvalue weighted by atomic mass is 16.5. The third-order valence-electron chi connectivity index (χ3n) is 3.81. The van der Waals surface area contributed by atoms with Crippen LogP contribution < -0.4 is 5.73 Å². The van der Waals surface area contributed by atoms with E-state index in [1.54, 1.807) is 0 Å². The molecular weight excluding hydrogens is 272 g/mol. The number of nitrogens with zero attached hydrogens (tertiary/aromatic N) is 1. The van der Waals surface area contributed by atoms with Crippen LogP contribution in [0.5, 0.6) is 0 Å². The van der Waals surface area contributed by atoms with Crippen LogP contribution in [0.2, 0.25) is 0 Å². The maximum absolute atomic E-state index is 12.0. The molecule has 1 saturated heterocycles. The second-order valence-corrected chi connectivity index (χ2v) is 5.55. The number of aliphatic carboxylic acids is 1. The molecule has 0 aliphatic carbocycles. The number of carbonyl (C=O) groups is 2. The first kappa shape index (κ1) is 17.9. The van der Waals surface area contributed by atoms with Crippen molar-refractivity contribution < 1.29 is 19.4 Å². The van der Waals surface area contributed by atoms with Crippen LogP contribution in [0.3, 0.4) is 0 Å². The molecular formula is C15H28N2O4. The van der Waals surface area contributed by atoms with Crippen LogP contribution in [0.4, 0.5) is 0 Å². The fraction of sp³-hybridized carbons (Fsp3) is 0.867. The molecule has 0 saturated carbocycles. The number of rotatable bonds is 10. The predicted octanol–water partition coefficient (Wildman–Crippen LogP) is 1.38. The molecule has 1 aliphatic rings. The molecule has 1 aliphatic heterocycles. The Balaban J connectivity index is 2.08. The van der Waals surface area contributed by atoms with Crippen molar-refractivity contribution in [2.45, 2.75) is 57.5 Å². The molecule has 0 aromatic heterocycles. The van der Waals surface area contributed by atoms with Crippen LogP contribution in [-0.4, -0.2) is 54.2 Å². The van der Waals surface area contributed by atoms with Gasteiger partial charge < -0.3 is 20.5 Å². The number of likely N-dealkylation sites (tertiary alicyclic amines) is 1. The summed E-state index contributed by atoms with van der Waals surface area (Å²) in [6.07, 6.45) is 6.51. The Hall–Kier alpha value is -1.14. The van der Waals surface area contributed by atoms with Gasteiger partial charge in [-0.1, -0.05) is 12.8 Å². The molecule has 0 atom stereocenters. The number of unbranched alkanes of at least 4 members (excludes halogenated alkanes) is 3. The summed E-state index contributed by atoms with van der Waals surface area (Å²) in [6.45, 7) is 2.43. The lowest BCUT2D eigenvalue weighted by atomic mass is 10.1. The molecule has 1 fully saturated rings. The number of carboxylic acid groups (broad SMARTS) is 1. The van der Waals surface area contributed by atoms with E-state index in [4.69, 9.17) is 15.6 Å². The van der Waals surface area contributed by atoms with Gasteiger partial charge in [0.1, 0.15) is 0 Å². The average Bonchev–Trinajstić information content (AvgIpc) is 2.47. The fourth-order valence-electron chi connectivity index (χ4n) is 2.52. The van der Waals surface area contributed by atoms with Crippen molar-refractivity contribution in [1.82, 2.24) is 4.90 Å². The number of ether oxygens (including phenoxy) is 1. The monoisotopic (exact) mass is 300 g/mol. The molecule has 1 heterocycles. The van der Waals surface area contributed by atoms with E-state index < -0.39 is 5.97 Å². The van der Waals surface area contributed by atoms with Gasteiger partial charge in [0.25, 0.3) is 0 Å². The number of amides is 1. The molecule has 6 heteroatoms. The highest BCUT2D eigenvalue weighted by Crippen LogP contribution is 2.16. The first-order valence-corrected chi connectivity index (χ1v) is 7.94. The molecule has 0 aromatic rings. The van der Waals surface area contributed by atoms with E-state index in [0.29, 0.717) is 6.42 Å². The fourth-order valence-corrected chi connectivity index (χ4v) is 2.52. The Morgan fingerprint density at radius 3 is 2.38 bits per heavy atom. The molecule has 3 N–H and O–H groups in total. The molecule has 1 amide bonds. The van der Waals surface area contributed by atoms with Crippen molar-refractivity contribution in [2.24, 2.45) is 5.73 Å². The Kier molecular flexibility index (Phi) is 9.01. The van der Waals surface area contributed by atoms with Gasteiger partial charge in [0, 0.05) is 19.5 Å². The Labute approximate surface area is 126 Å². The third kappa shape index (κ3) is 8.02. The van der Waals surface area contributed by atoms with Crippen LogP contribution in [-0.2, 0) is 14.3 Å². The lowest BCUT2D eigenvalue weighted by molar-refractivity contribution is -0.139.